The molecule has 0 fully saturated rings. The average Bonchev–Trinajstić information content (AvgIpc) is 3.37. The maximum absolute atomic E-state index is 12.5. The molecule has 1 unspecified atom stereocenters. The molecule has 4 rings (SSSR count). The quantitative estimate of drug-likeness (QED) is 0.470. The second-order valence-electron chi connectivity index (χ2n) is 9.09. The molecule has 3 aromatic rings. The van der Waals surface area contributed by atoms with Gasteiger partial charge in [0.2, 0.25) is 0 Å². The summed E-state index contributed by atoms with van der Waals surface area (Å²) in [6.07, 6.45) is 0.613. The lowest BCUT2D eigenvalue weighted by Gasteiger charge is -2.27. The molecular formula is C25H25N3O5S. The van der Waals surface area contributed by atoms with Gasteiger partial charge in [-0.1, -0.05) is 80.6 Å². The van der Waals surface area contributed by atoms with Crippen molar-refractivity contribution in [3.05, 3.63) is 70.7 Å². The van der Waals surface area contributed by atoms with Crippen molar-refractivity contribution in [1.82, 2.24) is 10.3 Å². The van der Waals surface area contributed by atoms with Gasteiger partial charge in [-0.25, -0.2) is 14.6 Å². The molecule has 0 radical (unpaired) electrons. The van der Waals surface area contributed by atoms with Crippen molar-refractivity contribution < 1.29 is 24.2 Å². The van der Waals surface area contributed by atoms with Crippen LogP contribution in [0.1, 0.15) is 47.5 Å². The molecule has 0 spiro atoms. The molecule has 1 aliphatic rings. The van der Waals surface area contributed by atoms with Gasteiger partial charge in [-0.2, -0.15) is 0 Å². The van der Waals surface area contributed by atoms with Gasteiger partial charge in [-0.3, -0.25) is 10.1 Å². The zero-order valence-electron chi connectivity index (χ0n) is 19.0. The minimum Gasteiger partial charge on any atom is -0.480 e. The molecule has 0 aliphatic heterocycles. The van der Waals surface area contributed by atoms with E-state index in [2.05, 4.69) is 27.8 Å². The third-order valence-electron chi connectivity index (χ3n) is 5.67. The summed E-state index contributed by atoms with van der Waals surface area (Å²) in [5.74, 6) is -1.76. The summed E-state index contributed by atoms with van der Waals surface area (Å²) >= 11 is 0.941. The molecule has 1 aromatic heterocycles. The molecular weight excluding hydrogens is 454 g/mol. The second-order valence-corrected chi connectivity index (χ2v) is 10.1. The first-order chi connectivity index (χ1) is 16.1. The average molecular weight is 480 g/mol. The van der Waals surface area contributed by atoms with Crippen molar-refractivity contribution in [2.24, 2.45) is 5.41 Å². The Balaban J connectivity index is 1.38. The Morgan fingerprint density at radius 1 is 1.06 bits per heavy atom. The number of aromatic nitrogens is 1. The lowest BCUT2D eigenvalue weighted by atomic mass is 9.87. The summed E-state index contributed by atoms with van der Waals surface area (Å²) in [6, 6.07) is 15.0. The number of amides is 2. The van der Waals surface area contributed by atoms with Crippen LogP contribution in [0.5, 0.6) is 0 Å². The third-order valence-corrected chi connectivity index (χ3v) is 6.58. The smallest absolute Gasteiger partial charge is 0.413 e. The number of nitrogens with zero attached hydrogens (tertiary/aromatic N) is 1. The normalized spacial score (nSPS) is 13.5. The first-order valence-electron chi connectivity index (χ1n) is 10.8. The molecule has 8 nitrogen and oxygen atoms in total. The number of carboxylic acid groups (broad SMARTS) is 1. The number of aliphatic carboxylic acids is 1. The van der Waals surface area contributed by atoms with Crippen molar-refractivity contribution in [3.63, 3.8) is 0 Å². The molecule has 176 valence electrons. The number of nitrogens with one attached hydrogen (secondary N) is 2. The van der Waals surface area contributed by atoms with Crippen molar-refractivity contribution in [3.8, 4) is 11.1 Å². The predicted octanol–water partition coefficient (Wildman–Crippen LogP) is 4.73. The fourth-order valence-electron chi connectivity index (χ4n) is 4.01. The second kappa shape index (κ2) is 9.26. The number of carbonyl (C=O) groups is 3. The lowest BCUT2D eigenvalue weighted by Crippen LogP contribution is -2.48. The summed E-state index contributed by atoms with van der Waals surface area (Å²) < 4.78 is 5.49. The number of rotatable bonds is 6. The highest BCUT2D eigenvalue weighted by Gasteiger charge is 2.33. The number of hydrogen-bond donors (Lipinski definition) is 3. The minimum atomic E-state index is -1.12. The molecule has 34 heavy (non-hydrogen) atoms. The van der Waals surface area contributed by atoms with Gasteiger partial charge in [-0.15, -0.1) is 0 Å². The number of ether oxygens (including phenoxy) is 1. The van der Waals surface area contributed by atoms with E-state index in [0.717, 1.165) is 33.6 Å². The highest BCUT2D eigenvalue weighted by Crippen LogP contribution is 2.44. The van der Waals surface area contributed by atoms with Crippen LogP contribution in [0.2, 0.25) is 0 Å². The SMILES string of the molecule is CC(C)(C)C(NC(=O)c1cnc(NC(=O)OCC2c3ccccc3-c3ccccc32)s1)C(=O)O. The molecule has 0 bridgehead atoms. The van der Waals surface area contributed by atoms with Gasteiger partial charge in [0, 0.05) is 5.92 Å². The summed E-state index contributed by atoms with van der Waals surface area (Å²) in [4.78, 5) is 40.6. The van der Waals surface area contributed by atoms with Crippen LogP contribution in [0.15, 0.2) is 54.7 Å². The molecule has 0 saturated carbocycles. The Labute approximate surface area is 201 Å². The molecule has 3 N–H and O–H groups in total. The highest BCUT2D eigenvalue weighted by atomic mass is 32.1. The molecule has 1 atom stereocenters. The molecule has 9 heteroatoms. The first kappa shape index (κ1) is 23.4. The van der Waals surface area contributed by atoms with Crippen LogP contribution >= 0.6 is 11.3 Å². The van der Waals surface area contributed by atoms with Crippen LogP contribution < -0.4 is 10.6 Å². The number of benzene rings is 2. The van der Waals surface area contributed by atoms with Crippen molar-refractivity contribution in [1.29, 1.82) is 0 Å². The lowest BCUT2D eigenvalue weighted by molar-refractivity contribution is -0.142. The van der Waals surface area contributed by atoms with Gasteiger partial charge in [0.25, 0.3) is 5.91 Å². The Kier molecular flexibility index (Phi) is 6.39. The van der Waals surface area contributed by atoms with Gasteiger partial charge in [0.05, 0.1) is 6.20 Å². The highest BCUT2D eigenvalue weighted by molar-refractivity contribution is 7.17. The number of anilines is 1. The van der Waals surface area contributed by atoms with Crippen molar-refractivity contribution in [2.45, 2.75) is 32.7 Å². The van der Waals surface area contributed by atoms with Gasteiger partial charge in [0.15, 0.2) is 5.13 Å². The first-order valence-corrected chi connectivity index (χ1v) is 11.6. The summed E-state index contributed by atoms with van der Waals surface area (Å²) in [7, 11) is 0. The summed E-state index contributed by atoms with van der Waals surface area (Å²) in [5, 5.41) is 14.6. The van der Waals surface area contributed by atoms with E-state index in [1.54, 1.807) is 20.8 Å². The summed E-state index contributed by atoms with van der Waals surface area (Å²) in [5.41, 5.74) is 3.82. The van der Waals surface area contributed by atoms with E-state index >= 15 is 0 Å². The minimum absolute atomic E-state index is 0.0684. The monoisotopic (exact) mass is 479 g/mol. The maximum Gasteiger partial charge on any atom is 0.413 e. The largest absolute Gasteiger partial charge is 0.480 e. The topological polar surface area (TPSA) is 118 Å². The van der Waals surface area contributed by atoms with Crippen LogP contribution in [0.3, 0.4) is 0 Å². The van der Waals surface area contributed by atoms with Crippen LogP contribution in [0, 0.1) is 5.41 Å². The Bertz CT molecular complexity index is 1200. The molecule has 1 heterocycles. The van der Waals surface area contributed by atoms with Gasteiger partial charge >= 0.3 is 12.1 Å². The molecule has 2 amide bonds. The zero-order valence-corrected chi connectivity index (χ0v) is 19.8. The van der Waals surface area contributed by atoms with Crippen LogP contribution in [0.4, 0.5) is 9.93 Å². The van der Waals surface area contributed by atoms with E-state index in [1.165, 1.54) is 6.20 Å². The van der Waals surface area contributed by atoms with Crippen LogP contribution in [-0.2, 0) is 9.53 Å². The molecule has 2 aromatic carbocycles. The Hall–Kier alpha value is -3.72. The maximum atomic E-state index is 12.5. The summed E-state index contributed by atoms with van der Waals surface area (Å²) in [6.45, 7) is 5.33. The van der Waals surface area contributed by atoms with E-state index in [9.17, 15) is 19.5 Å². The molecule has 1 aliphatic carbocycles. The van der Waals surface area contributed by atoms with Crippen LogP contribution in [-0.4, -0.2) is 40.7 Å². The van der Waals surface area contributed by atoms with Crippen molar-refractivity contribution >= 4 is 34.4 Å². The zero-order chi connectivity index (χ0) is 24.5. The Morgan fingerprint density at radius 2 is 1.65 bits per heavy atom. The van der Waals surface area contributed by atoms with E-state index in [4.69, 9.17) is 4.74 Å². The number of carbonyl (C=O) groups excluding carboxylic acids is 2. The van der Waals surface area contributed by atoms with Crippen LogP contribution in [0.25, 0.3) is 11.1 Å². The number of thiazole rings is 1. The molecule has 0 saturated heterocycles. The number of hydrogen-bond acceptors (Lipinski definition) is 6. The van der Waals surface area contributed by atoms with E-state index < -0.39 is 29.4 Å². The van der Waals surface area contributed by atoms with E-state index in [0.29, 0.717) is 0 Å². The fourth-order valence-corrected chi connectivity index (χ4v) is 4.71. The van der Waals surface area contributed by atoms with Gasteiger partial charge in [0.1, 0.15) is 17.5 Å². The predicted molar refractivity (Wildman–Crippen MR) is 129 cm³/mol. The number of fused-ring (bicyclic) bond motifs is 3. The van der Waals surface area contributed by atoms with Gasteiger partial charge in [-0.05, 0) is 27.7 Å². The van der Waals surface area contributed by atoms with Crippen molar-refractivity contribution in [2.75, 3.05) is 11.9 Å². The number of carboxylic acids is 1. The fraction of sp³-hybridized carbons (Fsp3) is 0.280. The van der Waals surface area contributed by atoms with E-state index in [-0.39, 0.29) is 22.5 Å². The third kappa shape index (κ3) is 4.79. The van der Waals surface area contributed by atoms with Gasteiger partial charge < -0.3 is 15.2 Å². The van der Waals surface area contributed by atoms with E-state index in [1.807, 2.05) is 36.4 Å². The standard InChI is InChI=1S/C25H25N3O5S/c1-25(2,3)20(22(30)31)27-21(29)19-12-26-23(34-19)28-24(32)33-13-18-16-10-6-4-8-14(16)15-9-5-7-11-17(15)18/h4-12,18,20H,13H2,1-3H3,(H,27,29)(H,30,31)(H,26,28,32). The Morgan fingerprint density at radius 3 is 2.21 bits per heavy atom.